The number of nitrogens with zero attached hydrogens (tertiary/aromatic N) is 5. The Kier molecular flexibility index (Phi) is 3.34. The lowest BCUT2D eigenvalue weighted by Gasteiger charge is -2.06. The number of hydrogen-bond donors (Lipinski definition) is 2. The van der Waals surface area contributed by atoms with Crippen LogP contribution in [0.25, 0.3) is 22.2 Å². The van der Waals surface area contributed by atoms with Gasteiger partial charge in [-0.05, 0) is 12.1 Å². The Bertz CT molecular complexity index is 1060. The fourth-order valence-electron chi connectivity index (χ4n) is 2.63. The number of hydrogen-bond acceptors (Lipinski definition) is 5. The van der Waals surface area contributed by atoms with Crippen LogP contribution in [-0.2, 0) is 19.8 Å². The van der Waals surface area contributed by atoms with E-state index in [2.05, 4.69) is 30.7 Å². The van der Waals surface area contributed by atoms with Gasteiger partial charge in [0.25, 0.3) is 0 Å². The third-order valence-electron chi connectivity index (χ3n) is 3.90. The van der Waals surface area contributed by atoms with Gasteiger partial charge in [0, 0.05) is 25.4 Å². The number of benzene rings is 1. The van der Waals surface area contributed by atoms with Gasteiger partial charge in [0.05, 0.1) is 5.56 Å². The standard InChI is InChI=1S/C15H12F3N7/c1-25-13-11(5-9(7-19-13)15(16,17)18)21-14(25)20-6-8-3-2-4-10-12(8)23-24-22-10/h2-5,7H,6H2,1H3,(H,20,21)(H,22,23,24). The van der Waals surface area contributed by atoms with E-state index in [1.807, 2.05) is 18.2 Å². The van der Waals surface area contributed by atoms with Crippen molar-refractivity contribution in [3.8, 4) is 0 Å². The van der Waals surface area contributed by atoms with E-state index in [1.54, 1.807) is 11.6 Å². The summed E-state index contributed by atoms with van der Waals surface area (Å²) in [7, 11) is 1.69. The van der Waals surface area contributed by atoms with Crippen molar-refractivity contribution in [2.75, 3.05) is 5.32 Å². The van der Waals surface area contributed by atoms with Gasteiger partial charge in [0.2, 0.25) is 5.95 Å². The SMILES string of the molecule is Cn1c(NCc2cccc3n[nH]nc23)nc2cc(C(F)(F)F)cnc21. The van der Waals surface area contributed by atoms with Crippen molar-refractivity contribution in [2.45, 2.75) is 12.7 Å². The first-order chi connectivity index (χ1) is 11.9. The second kappa shape index (κ2) is 5.43. The summed E-state index contributed by atoms with van der Waals surface area (Å²) in [6.07, 6.45) is -3.64. The van der Waals surface area contributed by atoms with Crippen molar-refractivity contribution in [3.05, 3.63) is 41.6 Å². The highest BCUT2D eigenvalue weighted by Gasteiger charge is 2.31. The number of alkyl halides is 3. The molecule has 128 valence electrons. The predicted molar refractivity (Wildman–Crippen MR) is 84.7 cm³/mol. The maximum absolute atomic E-state index is 12.8. The van der Waals surface area contributed by atoms with E-state index < -0.39 is 11.7 Å². The van der Waals surface area contributed by atoms with Crippen LogP contribution in [0.4, 0.5) is 19.1 Å². The molecule has 0 aliphatic heterocycles. The number of halogens is 3. The number of aromatic amines is 1. The van der Waals surface area contributed by atoms with Gasteiger partial charge in [-0.25, -0.2) is 9.97 Å². The lowest BCUT2D eigenvalue weighted by atomic mass is 10.2. The van der Waals surface area contributed by atoms with Crippen LogP contribution in [0.2, 0.25) is 0 Å². The number of rotatable bonds is 3. The second-order valence-electron chi connectivity index (χ2n) is 5.52. The van der Waals surface area contributed by atoms with Crippen LogP contribution in [0, 0.1) is 0 Å². The fraction of sp³-hybridized carbons (Fsp3) is 0.200. The summed E-state index contributed by atoms with van der Waals surface area (Å²) in [5.41, 5.74) is 2.08. The van der Waals surface area contributed by atoms with E-state index in [1.165, 1.54) is 0 Å². The van der Waals surface area contributed by atoms with Crippen LogP contribution in [0.5, 0.6) is 0 Å². The summed E-state index contributed by atoms with van der Waals surface area (Å²) >= 11 is 0. The van der Waals surface area contributed by atoms with E-state index in [0.717, 1.165) is 28.9 Å². The summed E-state index contributed by atoms with van der Waals surface area (Å²) in [6, 6.07) is 6.57. The highest BCUT2D eigenvalue weighted by molar-refractivity contribution is 5.78. The normalized spacial score (nSPS) is 12.2. The Hall–Kier alpha value is -3.17. The molecule has 25 heavy (non-hydrogen) atoms. The summed E-state index contributed by atoms with van der Waals surface area (Å²) in [5.74, 6) is 0.419. The minimum Gasteiger partial charge on any atom is -0.351 e. The topological polar surface area (TPSA) is 84.3 Å². The minimum atomic E-state index is -4.45. The molecule has 0 amide bonds. The monoisotopic (exact) mass is 347 g/mol. The number of anilines is 1. The van der Waals surface area contributed by atoms with Gasteiger partial charge in [-0.1, -0.05) is 12.1 Å². The Morgan fingerprint density at radius 3 is 2.84 bits per heavy atom. The second-order valence-corrected chi connectivity index (χ2v) is 5.52. The molecule has 0 spiro atoms. The highest BCUT2D eigenvalue weighted by atomic mass is 19.4. The molecule has 0 bridgehead atoms. The van der Waals surface area contributed by atoms with Gasteiger partial charge in [-0.2, -0.15) is 28.6 Å². The van der Waals surface area contributed by atoms with Crippen molar-refractivity contribution < 1.29 is 13.2 Å². The first-order valence-corrected chi connectivity index (χ1v) is 7.35. The molecule has 7 nitrogen and oxygen atoms in total. The zero-order valence-corrected chi connectivity index (χ0v) is 13.0. The first-order valence-electron chi connectivity index (χ1n) is 7.35. The van der Waals surface area contributed by atoms with Crippen LogP contribution in [-0.4, -0.2) is 29.9 Å². The minimum absolute atomic E-state index is 0.180. The number of imidazole rings is 1. The Balaban J connectivity index is 1.65. The predicted octanol–water partition coefficient (Wildman–Crippen LogP) is 2.87. The molecule has 4 aromatic rings. The number of aryl methyl sites for hydroxylation is 1. The van der Waals surface area contributed by atoms with Crippen molar-refractivity contribution >= 4 is 28.1 Å². The molecular formula is C15H12F3N7. The summed E-state index contributed by atoms with van der Waals surface area (Å²) < 4.78 is 40.0. The van der Waals surface area contributed by atoms with Gasteiger partial charge in [0.15, 0.2) is 5.65 Å². The third kappa shape index (κ3) is 2.65. The van der Waals surface area contributed by atoms with Crippen LogP contribution >= 0.6 is 0 Å². The average Bonchev–Trinajstić information content (AvgIpc) is 3.17. The molecule has 0 aliphatic carbocycles. The molecule has 2 N–H and O–H groups in total. The van der Waals surface area contributed by atoms with Crippen molar-refractivity contribution in [2.24, 2.45) is 7.05 Å². The number of para-hydroxylation sites is 1. The highest BCUT2D eigenvalue weighted by Crippen LogP contribution is 2.30. The molecule has 0 saturated heterocycles. The molecule has 4 rings (SSSR count). The maximum Gasteiger partial charge on any atom is 0.417 e. The summed E-state index contributed by atoms with van der Waals surface area (Å²) in [5, 5.41) is 13.8. The zero-order chi connectivity index (χ0) is 17.6. The Labute approximate surface area is 138 Å². The van der Waals surface area contributed by atoms with Crippen LogP contribution in [0.3, 0.4) is 0 Å². The lowest BCUT2D eigenvalue weighted by molar-refractivity contribution is -0.137. The molecule has 0 saturated carbocycles. The molecule has 0 fully saturated rings. The molecule has 0 radical (unpaired) electrons. The maximum atomic E-state index is 12.8. The molecule has 0 unspecified atom stereocenters. The molecule has 10 heteroatoms. The Morgan fingerprint density at radius 2 is 2.04 bits per heavy atom. The molecule has 0 atom stereocenters. The zero-order valence-electron chi connectivity index (χ0n) is 13.0. The quantitative estimate of drug-likeness (QED) is 0.595. The molecule has 3 heterocycles. The van der Waals surface area contributed by atoms with Gasteiger partial charge >= 0.3 is 6.18 Å². The van der Waals surface area contributed by atoms with E-state index in [4.69, 9.17) is 0 Å². The Morgan fingerprint density at radius 1 is 1.20 bits per heavy atom. The number of aromatic nitrogens is 6. The average molecular weight is 347 g/mol. The van der Waals surface area contributed by atoms with Crippen molar-refractivity contribution in [3.63, 3.8) is 0 Å². The van der Waals surface area contributed by atoms with E-state index in [9.17, 15) is 13.2 Å². The van der Waals surface area contributed by atoms with E-state index in [0.29, 0.717) is 18.1 Å². The number of fused-ring (bicyclic) bond motifs is 2. The van der Waals surface area contributed by atoms with Crippen LogP contribution < -0.4 is 5.32 Å². The van der Waals surface area contributed by atoms with Gasteiger partial charge < -0.3 is 5.32 Å². The summed E-state index contributed by atoms with van der Waals surface area (Å²) in [4.78, 5) is 8.09. The third-order valence-corrected chi connectivity index (χ3v) is 3.90. The molecule has 0 aliphatic rings. The summed E-state index contributed by atoms with van der Waals surface area (Å²) in [6.45, 7) is 0.396. The van der Waals surface area contributed by atoms with Gasteiger partial charge in [0.1, 0.15) is 16.6 Å². The van der Waals surface area contributed by atoms with Gasteiger partial charge in [-0.15, -0.1) is 0 Å². The number of pyridine rings is 1. The molecule has 3 aromatic heterocycles. The van der Waals surface area contributed by atoms with Gasteiger partial charge in [-0.3, -0.25) is 4.57 Å². The smallest absolute Gasteiger partial charge is 0.351 e. The number of nitrogens with one attached hydrogen (secondary N) is 2. The van der Waals surface area contributed by atoms with Crippen molar-refractivity contribution in [1.29, 1.82) is 0 Å². The van der Waals surface area contributed by atoms with E-state index >= 15 is 0 Å². The van der Waals surface area contributed by atoms with Crippen LogP contribution in [0.1, 0.15) is 11.1 Å². The van der Waals surface area contributed by atoms with Crippen molar-refractivity contribution in [1.82, 2.24) is 29.9 Å². The van der Waals surface area contributed by atoms with Crippen LogP contribution in [0.15, 0.2) is 30.5 Å². The largest absolute Gasteiger partial charge is 0.417 e. The molecule has 1 aromatic carbocycles. The fourth-order valence-corrected chi connectivity index (χ4v) is 2.63. The molecular weight excluding hydrogens is 335 g/mol. The number of H-pyrrole nitrogens is 1. The lowest BCUT2D eigenvalue weighted by Crippen LogP contribution is -2.06. The van der Waals surface area contributed by atoms with E-state index in [-0.39, 0.29) is 5.52 Å². The first kappa shape index (κ1) is 15.4.